The molecule has 0 unspecified atom stereocenters. The SMILES string of the molecule is Cc1ccc(/C=N/NC(=O)CN(c2ccc(Cl)c(Cl)c2)S(=O)(=O)c2ccccc2)cc1. The van der Waals surface area contributed by atoms with E-state index in [1.165, 1.54) is 36.5 Å². The summed E-state index contributed by atoms with van der Waals surface area (Å²) >= 11 is 12.0. The molecule has 6 nitrogen and oxygen atoms in total. The zero-order valence-electron chi connectivity index (χ0n) is 16.5. The molecule has 3 rings (SSSR count). The average Bonchev–Trinajstić information content (AvgIpc) is 2.76. The van der Waals surface area contributed by atoms with Crippen molar-refractivity contribution in [2.24, 2.45) is 5.10 Å². The van der Waals surface area contributed by atoms with Crippen LogP contribution in [0.1, 0.15) is 11.1 Å². The summed E-state index contributed by atoms with van der Waals surface area (Å²) in [4.78, 5) is 12.5. The van der Waals surface area contributed by atoms with E-state index in [-0.39, 0.29) is 20.6 Å². The van der Waals surface area contributed by atoms with Crippen molar-refractivity contribution >= 4 is 51.0 Å². The van der Waals surface area contributed by atoms with Gasteiger partial charge in [-0.2, -0.15) is 5.10 Å². The van der Waals surface area contributed by atoms with E-state index in [4.69, 9.17) is 23.2 Å². The van der Waals surface area contributed by atoms with Crippen LogP contribution in [0.2, 0.25) is 10.0 Å². The average molecular weight is 476 g/mol. The molecular weight excluding hydrogens is 457 g/mol. The zero-order valence-corrected chi connectivity index (χ0v) is 18.8. The lowest BCUT2D eigenvalue weighted by atomic mass is 10.2. The van der Waals surface area contributed by atoms with Gasteiger partial charge in [-0.3, -0.25) is 9.10 Å². The fraction of sp³-hybridized carbons (Fsp3) is 0.0909. The highest BCUT2D eigenvalue weighted by Gasteiger charge is 2.27. The van der Waals surface area contributed by atoms with Crippen molar-refractivity contribution in [3.8, 4) is 0 Å². The molecule has 0 saturated heterocycles. The molecule has 0 radical (unpaired) electrons. The number of benzene rings is 3. The molecule has 0 aliphatic rings. The summed E-state index contributed by atoms with van der Waals surface area (Å²) in [6.07, 6.45) is 1.48. The summed E-state index contributed by atoms with van der Waals surface area (Å²) in [5, 5.41) is 4.36. The maximum absolute atomic E-state index is 13.2. The Morgan fingerprint density at radius 3 is 2.32 bits per heavy atom. The van der Waals surface area contributed by atoms with Crippen LogP contribution in [0.5, 0.6) is 0 Å². The summed E-state index contributed by atoms with van der Waals surface area (Å²) in [5.74, 6) is -0.617. The number of amides is 1. The van der Waals surface area contributed by atoms with E-state index in [2.05, 4.69) is 10.5 Å². The predicted octanol–water partition coefficient (Wildman–Crippen LogP) is 4.65. The Labute approximate surface area is 191 Å². The van der Waals surface area contributed by atoms with Crippen molar-refractivity contribution in [2.75, 3.05) is 10.8 Å². The Bertz CT molecular complexity index is 1200. The maximum Gasteiger partial charge on any atom is 0.264 e. The largest absolute Gasteiger partial charge is 0.271 e. The van der Waals surface area contributed by atoms with E-state index in [1.807, 2.05) is 31.2 Å². The standard InChI is InChI=1S/C22H19Cl2N3O3S/c1-16-7-9-17(10-8-16)14-25-26-22(28)15-27(18-11-12-20(23)21(24)13-18)31(29,30)19-5-3-2-4-6-19/h2-14H,15H2,1H3,(H,26,28)/b25-14+. The van der Waals surface area contributed by atoms with E-state index in [1.54, 1.807) is 18.2 Å². The van der Waals surface area contributed by atoms with Crippen molar-refractivity contribution in [1.82, 2.24) is 5.43 Å². The maximum atomic E-state index is 13.2. The smallest absolute Gasteiger partial charge is 0.264 e. The number of sulfonamides is 1. The summed E-state index contributed by atoms with van der Waals surface area (Å²) in [6.45, 7) is 1.47. The number of nitrogens with one attached hydrogen (secondary N) is 1. The molecule has 0 heterocycles. The van der Waals surface area contributed by atoms with Crippen LogP contribution < -0.4 is 9.73 Å². The lowest BCUT2D eigenvalue weighted by Crippen LogP contribution is -2.39. The Balaban J connectivity index is 1.85. The number of halogens is 2. The van der Waals surface area contributed by atoms with Crippen LogP contribution in [0, 0.1) is 6.92 Å². The van der Waals surface area contributed by atoms with Crippen LogP contribution in [0.3, 0.4) is 0 Å². The van der Waals surface area contributed by atoms with Crippen LogP contribution in [0.25, 0.3) is 0 Å². The van der Waals surface area contributed by atoms with Gasteiger partial charge in [0.25, 0.3) is 15.9 Å². The van der Waals surface area contributed by atoms with Crippen LogP contribution in [0.4, 0.5) is 5.69 Å². The van der Waals surface area contributed by atoms with Crippen LogP contribution in [-0.2, 0) is 14.8 Å². The number of aryl methyl sites for hydroxylation is 1. The molecule has 160 valence electrons. The summed E-state index contributed by atoms with van der Waals surface area (Å²) < 4.78 is 27.4. The van der Waals surface area contributed by atoms with E-state index >= 15 is 0 Å². The highest BCUT2D eigenvalue weighted by atomic mass is 35.5. The number of rotatable bonds is 7. The van der Waals surface area contributed by atoms with Crippen molar-refractivity contribution in [2.45, 2.75) is 11.8 Å². The van der Waals surface area contributed by atoms with Crippen LogP contribution >= 0.6 is 23.2 Å². The number of hydrazone groups is 1. The number of carbonyl (C=O) groups excluding carboxylic acids is 1. The minimum Gasteiger partial charge on any atom is -0.271 e. The van der Waals surface area contributed by atoms with Gasteiger partial charge in [0.15, 0.2) is 0 Å². The molecule has 0 aromatic heterocycles. The third-order valence-electron chi connectivity index (χ3n) is 4.29. The van der Waals surface area contributed by atoms with Crippen LogP contribution in [0.15, 0.2) is 82.8 Å². The zero-order chi connectivity index (χ0) is 22.4. The molecule has 0 aliphatic heterocycles. The number of hydrogen-bond acceptors (Lipinski definition) is 4. The molecule has 1 amide bonds. The van der Waals surface area contributed by atoms with Gasteiger partial charge in [-0.25, -0.2) is 13.8 Å². The van der Waals surface area contributed by atoms with E-state index < -0.39 is 22.5 Å². The van der Waals surface area contributed by atoms with E-state index in [9.17, 15) is 13.2 Å². The molecule has 0 fully saturated rings. The predicted molar refractivity (Wildman–Crippen MR) is 124 cm³/mol. The normalized spacial score (nSPS) is 11.5. The first-order valence-electron chi connectivity index (χ1n) is 9.19. The molecule has 9 heteroatoms. The Morgan fingerprint density at radius 1 is 1.00 bits per heavy atom. The molecule has 3 aromatic rings. The monoisotopic (exact) mass is 475 g/mol. The van der Waals surface area contributed by atoms with Crippen molar-refractivity contribution in [1.29, 1.82) is 0 Å². The number of hydrogen-bond donors (Lipinski definition) is 1. The highest BCUT2D eigenvalue weighted by molar-refractivity contribution is 7.92. The first kappa shape index (κ1) is 22.8. The molecule has 0 atom stereocenters. The van der Waals surface area contributed by atoms with E-state index in [0.29, 0.717) is 0 Å². The van der Waals surface area contributed by atoms with Gasteiger partial charge in [0.2, 0.25) is 0 Å². The molecule has 0 aliphatic carbocycles. The summed E-state index contributed by atoms with van der Waals surface area (Å²) in [7, 11) is -4.04. The molecule has 1 N–H and O–H groups in total. The van der Waals surface area contributed by atoms with Gasteiger partial charge in [-0.1, -0.05) is 71.2 Å². The third kappa shape index (κ3) is 5.85. The van der Waals surface area contributed by atoms with Gasteiger partial charge >= 0.3 is 0 Å². The van der Waals surface area contributed by atoms with Gasteiger partial charge in [0, 0.05) is 0 Å². The van der Waals surface area contributed by atoms with Crippen molar-refractivity contribution < 1.29 is 13.2 Å². The van der Waals surface area contributed by atoms with Gasteiger partial charge in [-0.15, -0.1) is 0 Å². The quantitative estimate of drug-likeness (QED) is 0.399. The fourth-order valence-electron chi connectivity index (χ4n) is 2.67. The topological polar surface area (TPSA) is 78.8 Å². The summed E-state index contributed by atoms with van der Waals surface area (Å²) in [5.41, 5.74) is 4.46. The lowest BCUT2D eigenvalue weighted by molar-refractivity contribution is -0.119. The minimum absolute atomic E-state index is 0.0389. The molecule has 31 heavy (non-hydrogen) atoms. The molecule has 0 saturated carbocycles. The van der Waals surface area contributed by atoms with Gasteiger partial charge in [0.1, 0.15) is 6.54 Å². The third-order valence-corrected chi connectivity index (χ3v) is 6.82. The molecular formula is C22H19Cl2N3O3S. The molecule has 3 aromatic carbocycles. The summed E-state index contributed by atoms with van der Waals surface area (Å²) in [6, 6.07) is 19.7. The van der Waals surface area contributed by atoms with Gasteiger partial charge in [0.05, 0.1) is 26.8 Å². The second-order valence-corrected chi connectivity index (χ2v) is 9.30. The molecule has 0 spiro atoms. The number of nitrogens with zero attached hydrogens (tertiary/aromatic N) is 2. The second-order valence-electron chi connectivity index (χ2n) is 6.63. The first-order chi connectivity index (χ1) is 14.8. The fourth-order valence-corrected chi connectivity index (χ4v) is 4.40. The highest BCUT2D eigenvalue weighted by Crippen LogP contribution is 2.30. The Morgan fingerprint density at radius 2 is 1.68 bits per heavy atom. The van der Waals surface area contributed by atoms with Crippen LogP contribution in [-0.4, -0.2) is 27.1 Å². The lowest BCUT2D eigenvalue weighted by Gasteiger charge is -2.24. The minimum atomic E-state index is -4.04. The van der Waals surface area contributed by atoms with Gasteiger partial charge < -0.3 is 0 Å². The second kappa shape index (κ2) is 9.96. The number of carbonyl (C=O) groups is 1. The van der Waals surface area contributed by atoms with E-state index in [0.717, 1.165) is 15.4 Å². The first-order valence-corrected chi connectivity index (χ1v) is 11.4. The molecule has 0 bridgehead atoms. The number of anilines is 1. The Hall–Kier alpha value is -2.87. The van der Waals surface area contributed by atoms with Crippen molar-refractivity contribution in [3.63, 3.8) is 0 Å². The van der Waals surface area contributed by atoms with Gasteiger partial charge in [-0.05, 0) is 42.8 Å². The van der Waals surface area contributed by atoms with Crippen molar-refractivity contribution in [3.05, 3.63) is 94.0 Å². The Kier molecular flexibility index (Phi) is 7.33.